The van der Waals surface area contributed by atoms with Crippen molar-refractivity contribution in [1.82, 2.24) is 14.9 Å². The van der Waals surface area contributed by atoms with E-state index in [9.17, 15) is 8.42 Å². The third kappa shape index (κ3) is 3.23. The van der Waals surface area contributed by atoms with Crippen LogP contribution in [0.25, 0.3) is 0 Å². The van der Waals surface area contributed by atoms with Gasteiger partial charge in [0, 0.05) is 6.92 Å². The van der Waals surface area contributed by atoms with Gasteiger partial charge in [0.2, 0.25) is 15.9 Å². The van der Waals surface area contributed by atoms with Crippen LogP contribution in [0.3, 0.4) is 0 Å². The molecule has 6 nitrogen and oxygen atoms in total. The van der Waals surface area contributed by atoms with E-state index < -0.39 is 15.6 Å². The Morgan fingerprint density at radius 1 is 1.12 bits per heavy atom. The fraction of sp³-hybridized carbons (Fsp3) is 0.529. The number of benzene rings is 1. The zero-order valence-corrected chi connectivity index (χ0v) is 15.1. The first-order valence-corrected chi connectivity index (χ1v) is 9.73. The Labute approximate surface area is 142 Å². The van der Waals surface area contributed by atoms with Gasteiger partial charge in [0.15, 0.2) is 5.82 Å². The molecular weight excluding hydrogens is 326 g/mol. The van der Waals surface area contributed by atoms with Crippen molar-refractivity contribution in [3.63, 3.8) is 0 Å². The van der Waals surface area contributed by atoms with Crippen molar-refractivity contribution in [2.75, 3.05) is 0 Å². The Hall–Kier alpha value is -1.73. The normalized spacial score (nSPS) is 17.8. The van der Waals surface area contributed by atoms with Gasteiger partial charge in [-0.3, -0.25) is 0 Å². The Morgan fingerprint density at radius 2 is 1.83 bits per heavy atom. The highest BCUT2D eigenvalue weighted by atomic mass is 32.2. The summed E-state index contributed by atoms with van der Waals surface area (Å²) in [5.74, 6) is 0.884. The van der Waals surface area contributed by atoms with Crippen LogP contribution in [0, 0.1) is 20.8 Å². The van der Waals surface area contributed by atoms with Gasteiger partial charge in [-0.15, -0.1) is 0 Å². The molecule has 1 fully saturated rings. The average Bonchev–Trinajstić information content (AvgIpc) is 2.97. The fourth-order valence-electron chi connectivity index (χ4n) is 3.33. The summed E-state index contributed by atoms with van der Waals surface area (Å²) in [6.45, 7) is 5.41. The molecule has 2 aromatic rings. The van der Waals surface area contributed by atoms with Crippen molar-refractivity contribution in [3.8, 4) is 0 Å². The fourth-order valence-corrected chi connectivity index (χ4v) is 5.08. The van der Waals surface area contributed by atoms with Crippen LogP contribution in [0.5, 0.6) is 0 Å². The number of nitrogens with one attached hydrogen (secondary N) is 1. The molecule has 1 aromatic carbocycles. The zero-order chi connectivity index (χ0) is 17.4. The van der Waals surface area contributed by atoms with Crippen molar-refractivity contribution < 1.29 is 12.9 Å². The van der Waals surface area contributed by atoms with Crippen molar-refractivity contribution in [3.05, 3.63) is 41.0 Å². The smallest absolute Gasteiger partial charge is 0.241 e. The molecule has 1 heterocycles. The van der Waals surface area contributed by atoms with E-state index in [-0.39, 0.29) is 0 Å². The van der Waals surface area contributed by atoms with Gasteiger partial charge < -0.3 is 4.52 Å². The number of aryl methyl sites for hydroxylation is 3. The molecule has 1 saturated carbocycles. The second-order valence-electron chi connectivity index (χ2n) is 6.65. The van der Waals surface area contributed by atoms with E-state index in [1.165, 1.54) is 0 Å². The predicted octanol–water partition coefficient (Wildman–Crippen LogP) is 3.13. The molecule has 1 aromatic heterocycles. The molecule has 0 spiro atoms. The summed E-state index contributed by atoms with van der Waals surface area (Å²) >= 11 is 0. The molecule has 0 radical (unpaired) electrons. The molecule has 130 valence electrons. The van der Waals surface area contributed by atoms with Gasteiger partial charge in [0.25, 0.3) is 0 Å². The van der Waals surface area contributed by atoms with Crippen molar-refractivity contribution in [1.29, 1.82) is 0 Å². The number of hydrogen-bond donors (Lipinski definition) is 1. The predicted molar refractivity (Wildman–Crippen MR) is 90.0 cm³/mol. The number of sulfonamides is 1. The highest BCUT2D eigenvalue weighted by Gasteiger charge is 2.42. The first kappa shape index (κ1) is 17.1. The van der Waals surface area contributed by atoms with Crippen LogP contribution in [0.15, 0.2) is 27.6 Å². The quantitative estimate of drug-likeness (QED) is 0.916. The van der Waals surface area contributed by atoms with Crippen LogP contribution in [0.4, 0.5) is 0 Å². The van der Waals surface area contributed by atoms with Crippen molar-refractivity contribution in [2.45, 2.75) is 63.3 Å². The molecular formula is C17H23N3O3S. The Bertz CT molecular complexity index is 837. The van der Waals surface area contributed by atoms with Gasteiger partial charge in [-0.2, -0.15) is 9.71 Å². The summed E-state index contributed by atoms with van der Waals surface area (Å²) in [6, 6.07) is 5.44. The van der Waals surface area contributed by atoms with E-state index in [4.69, 9.17) is 4.52 Å². The third-order valence-electron chi connectivity index (χ3n) is 4.63. The van der Waals surface area contributed by atoms with Crippen LogP contribution >= 0.6 is 0 Å². The van der Waals surface area contributed by atoms with Crippen molar-refractivity contribution in [2.24, 2.45) is 0 Å². The second kappa shape index (κ2) is 6.29. The van der Waals surface area contributed by atoms with Gasteiger partial charge in [-0.05, 0) is 43.9 Å². The number of rotatable bonds is 4. The highest BCUT2D eigenvalue weighted by Crippen LogP contribution is 2.37. The van der Waals surface area contributed by atoms with Crippen LogP contribution in [-0.2, 0) is 15.6 Å². The SMILES string of the molecule is Cc1ccc(C)c(S(=O)(=O)NC2(c3noc(C)n3)CCCCC2)c1. The van der Waals surface area contributed by atoms with Crippen LogP contribution < -0.4 is 4.72 Å². The highest BCUT2D eigenvalue weighted by molar-refractivity contribution is 7.89. The van der Waals surface area contributed by atoms with Gasteiger partial charge >= 0.3 is 0 Å². The summed E-state index contributed by atoms with van der Waals surface area (Å²) in [7, 11) is -3.68. The minimum atomic E-state index is -3.68. The van der Waals surface area contributed by atoms with Gasteiger partial charge in [-0.1, -0.05) is 36.6 Å². The number of hydrogen-bond acceptors (Lipinski definition) is 5. The molecule has 0 amide bonds. The Kier molecular flexibility index (Phi) is 4.48. The summed E-state index contributed by atoms with van der Waals surface area (Å²) in [4.78, 5) is 4.63. The largest absolute Gasteiger partial charge is 0.340 e. The first-order valence-electron chi connectivity index (χ1n) is 8.24. The molecule has 0 aliphatic heterocycles. The first-order chi connectivity index (χ1) is 11.3. The molecule has 7 heteroatoms. The monoisotopic (exact) mass is 349 g/mol. The van der Waals surface area contributed by atoms with Crippen LogP contribution in [0.2, 0.25) is 0 Å². The molecule has 0 atom stereocenters. The van der Waals surface area contributed by atoms with Crippen LogP contribution in [-0.4, -0.2) is 18.6 Å². The summed E-state index contributed by atoms with van der Waals surface area (Å²) < 4.78 is 34.1. The second-order valence-corrected chi connectivity index (χ2v) is 8.31. The topological polar surface area (TPSA) is 85.1 Å². The lowest BCUT2D eigenvalue weighted by Gasteiger charge is -2.35. The van der Waals surface area contributed by atoms with Gasteiger partial charge in [0.1, 0.15) is 0 Å². The van der Waals surface area contributed by atoms with Crippen molar-refractivity contribution >= 4 is 10.0 Å². The van der Waals surface area contributed by atoms with E-state index in [0.717, 1.165) is 30.4 Å². The van der Waals surface area contributed by atoms with Crippen LogP contribution in [0.1, 0.15) is 54.9 Å². The molecule has 0 saturated heterocycles. The molecule has 1 N–H and O–H groups in total. The summed E-state index contributed by atoms with van der Waals surface area (Å²) in [5.41, 5.74) is 0.850. The summed E-state index contributed by atoms with van der Waals surface area (Å²) in [6.07, 6.45) is 4.31. The Balaban J connectivity index is 2.02. The van der Waals surface area contributed by atoms with E-state index in [2.05, 4.69) is 14.9 Å². The molecule has 0 unspecified atom stereocenters. The zero-order valence-electron chi connectivity index (χ0n) is 14.3. The number of aromatic nitrogens is 2. The Morgan fingerprint density at radius 3 is 2.46 bits per heavy atom. The third-order valence-corrected chi connectivity index (χ3v) is 6.30. The lowest BCUT2D eigenvalue weighted by Crippen LogP contribution is -2.48. The maximum Gasteiger partial charge on any atom is 0.241 e. The summed E-state index contributed by atoms with van der Waals surface area (Å²) in [5, 5.41) is 4.02. The van der Waals surface area contributed by atoms with E-state index in [1.807, 2.05) is 19.1 Å². The standard InChI is InChI=1S/C17H23N3O3S/c1-12-7-8-13(2)15(11-12)24(21,22)20-17(9-5-4-6-10-17)16-18-14(3)23-19-16/h7-8,11,20H,4-6,9-10H2,1-3H3. The maximum atomic E-state index is 13.1. The average molecular weight is 349 g/mol. The molecule has 0 bridgehead atoms. The van der Waals surface area contributed by atoms with Gasteiger partial charge in [0.05, 0.1) is 10.4 Å². The minimum Gasteiger partial charge on any atom is -0.340 e. The van der Waals surface area contributed by atoms with E-state index in [0.29, 0.717) is 29.5 Å². The molecule has 3 rings (SSSR count). The minimum absolute atomic E-state index is 0.313. The lowest BCUT2D eigenvalue weighted by atomic mass is 9.82. The molecule has 1 aliphatic carbocycles. The van der Waals surface area contributed by atoms with Gasteiger partial charge in [-0.25, -0.2) is 8.42 Å². The molecule has 24 heavy (non-hydrogen) atoms. The van der Waals surface area contributed by atoms with E-state index in [1.54, 1.807) is 19.9 Å². The van der Waals surface area contributed by atoms with E-state index >= 15 is 0 Å². The lowest BCUT2D eigenvalue weighted by molar-refractivity contribution is 0.248. The number of nitrogens with zero attached hydrogens (tertiary/aromatic N) is 2. The molecule has 1 aliphatic rings. The maximum absolute atomic E-state index is 13.1.